The van der Waals surface area contributed by atoms with Crippen molar-refractivity contribution in [3.8, 4) is 0 Å². The second-order valence-electron chi connectivity index (χ2n) is 7.10. The van der Waals surface area contributed by atoms with Crippen LogP contribution in [0.5, 0.6) is 0 Å². The molecule has 0 unspecified atom stereocenters. The molecule has 5 nitrogen and oxygen atoms in total. The number of likely N-dealkylation sites (tertiary alicyclic amines) is 1. The van der Waals surface area contributed by atoms with E-state index in [1.807, 2.05) is 11.0 Å². The van der Waals surface area contributed by atoms with Crippen LogP contribution in [-0.2, 0) is 0 Å². The van der Waals surface area contributed by atoms with Gasteiger partial charge in [-0.1, -0.05) is 12.7 Å². The van der Waals surface area contributed by atoms with Gasteiger partial charge in [0, 0.05) is 48.9 Å². The number of allylic oxidation sites excluding steroid dienone is 3. The van der Waals surface area contributed by atoms with E-state index in [2.05, 4.69) is 16.6 Å². The van der Waals surface area contributed by atoms with Gasteiger partial charge in [-0.15, -0.1) is 0 Å². The number of nitrogens with one attached hydrogen (secondary N) is 1. The van der Waals surface area contributed by atoms with Crippen LogP contribution in [0.3, 0.4) is 0 Å². The molecule has 0 aliphatic carbocycles. The third kappa shape index (κ3) is 4.32. The first-order valence-electron chi connectivity index (χ1n) is 9.33. The van der Waals surface area contributed by atoms with Crippen molar-refractivity contribution in [3.05, 3.63) is 52.5 Å². The molecule has 0 aromatic carbocycles. The number of nitrogens with two attached hydrogens (primary N) is 1. The number of aromatic nitrogens is 1. The summed E-state index contributed by atoms with van der Waals surface area (Å²) in [6.07, 6.45) is 3.34. The van der Waals surface area contributed by atoms with Crippen molar-refractivity contribution >= 4 is 11.8 Å². The van der Waals surface area contributed by atoms with Crippen LogP contribution in [0.4, 0.5) is 13.2 Å². The molecule has 152 valence electrons. The Labute approximate surface area is 161 Å². The Balaban J connectivity index is 1.87. The van der Waals surface area contributed by atoms with Gasteiger partial charge in [-0.25, -0.2) is 0 Å². The van der Waals surface area contributed by atoms with Crippen LogP contribution in [0, 0.1) is 5.92 Å². The molecular formula is C20H25F3N4O. The lowest BCUT2D eigenvalue weighted by Gasteiger charge is -2.33. The summed E-state index contributed by atoms with van der Waals surface area (Å²) in [7, 11) is 0. The quantitative estimate of drug-likeness (QED) is 0.667. The molecule has 2 aliphatic rings. The van der Waals surface area contributed by atoms with Crippen molar-refractivity contribution < 1.29 is 18.3 Å². The highest BCUT2D eigenvalue weighted by molar-refractivity contribution is 5.70. The largest absolute Gasteiger partial charge is 0.418 e. The predicted octanol–water partition coefficient (Wildman–Crippen LogP) is 1.82. The molecule has 0 spiro atoms. The number of fused-ring (bicyclic) bond motifs is 1. The van der Waals surface area contributed by atoms with Crippen LogP contribution in [0.15, 0.2) is 41.2 Å². The summed E-state index contributed by atoms with van der Waals surface area (Å²) in [4.78, 5) is 9.08. The lowest BCUT2D eigenvalue weighted by Crippen LogP contribution is -2.33. The molecule has 8 heteroatoms. The molecule has 1 aromatic heterocycles. The van der Waals surface area contributed by atoms with E-state index in [4.69, 9.17) is 5.73 Å². The standard InChI is InChI=1S/C20H25F3N4O/c1-13(27-9-6-14(12-28)7-10-27)4-5-17(20(21,22)23)18(24)16-11-26-19-15(16)3-2-8-25-19/h3-5,11,14,28H,1-2,6-10,12,24H2,(H,25,26)/b5-4-,18-17+. The lowest BCUT2D eigenvalue weighted by atomic mass is 9.97. The molecule has 3 heterocycles. The Morgan fingerprint density at radius 1 is 1.36 bits per heavy atom. The average Bonchev–Trinajstić information content (AvgIpc) is 3.11. The number of nitrogens with zero attached hydrogens (tertiary/aromatic N) is 2. The molecule has 2 aliphatic heterocycles. The number of aliphatic hydroxyl groups excluding tert-OH is 1. The van der Waals surface area contributed by atoms with Crippen molar-refractivity contribution in [2.75, 3.05) is 26.2 Å². The van der Waals surface area contributed by atoms with E-state index in [-0.39, 0.29) is 18.2 Å². The zero-order valence-corrected chi connectivity index (χ0v) is 15.6. The number of hydrogen-bond donors (Lipinski definition) is 3. The Morgan fingerprint density at radius 2 is 2.07 bits per heavy atom. The third-order valence-electron chi connectivity index (χ3n) is 5.25. The number of H-pyrrole nitrogens is 1. The van der Waals surface area contributed by atoms with Crippen LogP contribution in [0.1, 0.15) is 24.8 Å². The van der Waals surface area contributed by atoms with Gasteiger partial charge in [-0.3, -0.25) is 4.99 Å². The third-order valence-corrected chi connectivity index (χ3v) is 5.25. The average molecular weight is 394 g/mol. The lowest BCUT2D eigenvalue weighted by molar-refractivity contribution is -0.0877. The van der Waals surface area contributed by atoms with Gasteiger partial charge in [0.1, 0.15) is 5.49 Å². The Bertz CT molecular complexity index is 903. The molecule has 28 heavy (non-hydrogen) atoms. The minimum Gasteiger partial charge on any atom is -0.398 e. The summed E-state index contributed by atoms with van der Waals surface area (Å²) >= 11 is 0. The highest BCUT2D eigenvalue weighted by Gasteiger charge is 2.35. The van der Waals surface area contributed by atoms with E-state index in [9.17, 15) is 18.3 Å². The second-order valence-corrected chi connectivity index (χ2v) is 7.10. The molecule has 0 amide bonds. The van der Waals surface area contributed by atoms with Crippen molar-refractivity contribution in [3.63, 3.8) is 0 Å². The summed E-state index contributed by atoms with van der Waals surface area (Å²) in [5, 5.41) is 9.82. The summed E-state index contributed by atoms with van der Waals surface area (Å²) in [6, 6.07) is 0. The van der Waals surface area contributed by atoms with Crippen LogP contribution in [-0.4, -0.2) is 47.4 Å². The molecule has 1 fully saturated rings. The molecular weight excluding hydrogens is 369 g/mol. The van der Waals surface area contributed by atoms with Crippen molar-refractivity contribution in [1.29, 1.82) is 0 Å². The SMILES string of the molecule is C=C(/C=C\C(=C(/N)c1c[nH]c2c1=CCCN=2)C(F)(F)F)N1CCC(CO)CC1. The van der Waals surface area contributed by atoms with Crippen LogP contribution >= 0.6 is 0 Å². The van der Waals surface area contributed by atoms with Crippen molar-refractivity contribution in [2.45, 2.75) is 25.4 Å². The molecule has 0 bridgehead atoms. The zero-order chi connectivity index (χ0) is 20.3. The maximum absolute atomic E-state index is 13.7. The van der Waals surface area contributed by atoms with E-state index in [0.29, 0.717) is 48.0 Å². The fraction of sp³-hybridized carbons (Fsp3) is 0.450. The van der Waals surface area contributed by atoms with Gasteiger partial charge in [-0.2, -0.15) is 13.2 Å². The van der Waals surface area contributed by atoms with E-state index in [1.54, 1.807) is 0 Å². The number of alkyl halides is 3. The Kier molecular flexibility index (Phi) is 5.98. The van der Waals surface area contributed by atoms with Crippen molar-refractivity contribution in [2.24, 2.45) is 16.6 Å². The minimum atomic E-state index is -4.60. The number of halogens is 3. The first-order chi connectivity index (χ1) is 13.3. The Morgan fingerprint density at radius 3 is 2.71 bits per heavy atom. The molecule has 4 N–H and O–H groups in total. The molecule has 1 saturated heterocycles. The van der Waals surface area contributed by atoms with Gasteiger partial charge in [0.05, 0.1) is 11.3 Å². The molecule has 1 aromatic rings. The number of aliphatic hydroxyl groups is 1. The number of hydrogen-bond acceptors (Lipinski definition) is 4. The zero-order valence-electron chi connectivity index (χ0n) is 15.6. The summed E-state index contributed by atoms with van der Waals surface area (Å²) in [5.41, 5.74) is 6.09. The minimum absolute atomic E-state index is 0.137. The maximum atomic E-state index is 13.7. The first-order valence-corrected chi connectivity index (χ1v) is 9.33. The van der Waals surface area contributed by atoms with Gasteiger partial charge in [0.2, 0.25) is 0 Å². The van der Waals surface area contributed by atoms with Gasteiger partial charge in [0.15, 0.2) is 0 Å². The van der Waals surface area contributed by atoms with Gasteiger partial charge in [-0.05, 0) is 37.3 Å². The number of piperidine rings is 1. The fourth-order valence-electron chi connectivity index (χ4n) is 3.54. The van der Waals surface area contributed by atoms with Crippen LogP contribution in [0.25, 0.3) is 11.8 Å². The number of aromatic amines is 1. The normalized spacial score (nSPS) is 19.1. The van der Waals surface area contributed by atoms with Crippen LogP contribution < -0.4 is 16.4 Å². The fourth-order valence-corrected chi connectivity index (χ4v) is 3.54. The summed E-state index contributed by atoms with van der Waals surface area (Å²) < 4.78 is 41.0. The van der Waals surface area contributed by atoms with Crippen LogP contribution in [0.2, 0.25) is 0 Å². The highest BCUT2D eigenvalue weighted by atomic mass is 19.4. The van der Waals surface area contributed by atoms with Crippen molar-refractivity contribution in [1.82, 2.24) is 9.88 Å². The highest BCUT2D eigenvalue weighted by Crippen LogP contribution is 2.31. The van der Waals surface area contributed by atoms with E-state index in [0.717, 1.165) is 18.9 Å². The van der Waals surface area contributed by atoms with E-state index < -0.39 is 11.7 Å². The first kappa shape index (κ1) is 20.3. The van der Waals surface area contributed by atoms with Gasteiger partial charge < -0.3 is 20.7 Å². The molecule has 0 saturated carbocycles. The van der Waals surface area contributed by atoms with E-state index >= 15 is 0 Å². The molecule has 3 rings (SSSR count). The molecule has 0 radical (unpaired) electrons. The van der Waals surface area contributed by atoms with Gasteiger partial charge >= 0.3 is 6.18 Å². The summed E-state index contributed by atoms with van der Waals surface area (Å²) in [6.45, 7) is 5.96. The molecule has 0 atom stereocenters. The smallest absolute Gasteiger partial charge is 0.398 e. The predicted molar refractivity (Wildman–Crippen MR) is 102 cm³/mol. The van der Waals surface area contributed by atoms with Gasteiger partial charge in [0.25, 0.3) is 0 Å². The monoisotopic (exact) mass is 394 g/mol. The second kappa shape index (κ2) is 8.26. The topological polar surface area (TPSA) is 77.6 Å². The maximum Gasteiger partial charge on any atom is 0.418 e. The number of rotatable bonds is 5. The van der Waals surface area contributed by atoms with E-state index in [1.165, 1.54) is 12.3 Å². The Hall–Kier alpha value is -2.48. The summed E-state index contributed by atoms with van der Waals surface area (Å²) in [5.74, 6) is 0.246.